The first-order chi connectivity index (χ1) is 9.22. The van der Waals surface area contributed by atoms with Gasteiger partial charge in [-0.05, 0) is 17.9 Å². The number of benzene rings is 1. The van der Waals surface area contributed by atoms with Crippen molar-refractivity contribution in [3.8, 4) is 0 Å². The predicted molar refractivity (Wildman–Crippen MR) is 77.0 cm³/mol. The smallest absolute Gasteiger partial charge is 0.0827 e. The van der Waals surface area contributed by atoms with Crippen molar-refractivity contribution < 1.29 is 9.84 Å². The molecule has 0 aromatic heterocycles. The van der Waals surface area contributed by atoms with Crippen molar-refractivity contribution in [3.05, 3.63) is 35.9 Å². The highest BCUT2D eigenvalue weighted by atomic mass is 16.5. The van der Waals surface area contributed by atoms with Crippen molar-refractivity contribution in [3.63, 3.8) is 0 Å². The Morgan fingerprint density at radius 2 is 2.11 bits per heavy atom. The normalized spacial score (nSPS) is 24.1. The van der Waals surface area contributed by atoms with Crippen molar-refractivity contribution in [1.29, 1.82) is 0 Å². The molecule has 3 unspecified atom stereocenters. The Hall–Kier alpha value is -0.900. The minimum atomic E-state index is -0.387. The number of aliphatic hydroxyl groups excluding tert-OH is 1. The Labute approximate surface area is 116 Å². The third-order valence-electron chi connectivity index (χ3n) is 4.02. The van der Waals surface area contributed by atoms with E-state index in [4.69, 9.17) is 4.74 Å². The van der Waals surface area contributed by atoms with Gasteiger partial charge in [0, 0.05) is 19.1 Å². The van der Waals surface area contributed by atoms with Crippen LogP contribution in [0.5, 0.6) is 0 Å². The van der Waals surface area contributed by atoms with Crippen molar-refractivity contribution in [1.82, 2.24) is 4.90 Å². The molecule has 0 aliphatic carbocycles. The summed E-state index contributed by atoms with van der Waals surface area (Å²) in [7, 11) is 0. The van der Waals surface area contributed by atoms with E-state index in [-0.39, 0.29) is 12.0 Å². The van der Waals surface area contributed by atoms with Crippen LogP contribution >= 0.6 is 0 Å². The molecule has 1 fully saturated rings. The van der Waals surface area contributed by atoms with Gasteiger partial charge < -0.3 is 9.84 Å². The molecule has 19 heavy (non-hydrogen) atoms. The molecule has 0 spiro atoms. The molecule has 1 aliphatic rings. The average molecular weight is 263 g/mol. The molecule has 1 N–H and O–H groups in total. The van der Waals surface area contributed by atoms with Crippen molar-refractivity contribution in [2.24, 2.45) is 5.92 Å². The zero-order chi connectivity index (χ0) is 13.7. The van der Waals surface area contributed by atoms with Crippen LogP contribution in [0.1, 0.15) is 31.9 Å². The zero-order valence-electron chi connectivity index (χ0n) is 12.0. The van der Waals surface area contributed by atoms with E-state index < -0.39 is 0 Å². The highest BCUT2D eigenvalue weighted by molar-refractivity contribution is 5.17. The van der Waals surface area contributed by atoms with Gasteiger partial charge in [-0.15, -0.1) is 0 Å². The topological polar surface area (TPSA) is 32.7 Å². The Morgan fingerprint density at radius 3 is 2.79 bits per heavy atom. The van der Waals surface area contributed by atoms with Crippen LogP contribution in [0.25, 0.3) is 0 Å². The Balaban J connectivity index is 1.94. The highest BCUT2D eigenvalue weighted by Crippen LogP contribution is 2.24. The molecule has 0 amide bonds. The number of aliphatic hydroxyl groups is 1. The number of hydrogen-bond donors (Lipinski definition) is 1. The first-order valence-corrected chi connectivity index (χ1v) is 7.27. The summed E-state index contributed by atoms with van der Waals surface area (Å²) in [6, 6.07) is 10.4. The lowest BCUT2D eigenvalue weighted by Gasteiger charge is -2.37. The van der Waals surface area contributed by atoms with Gasteiger partial charge in [-0.2, -0.15) is 0 Å². The monoisotopic (exact) mass is 263 g/mol. The molecule has 3 atom stereocenters. The maximum Gasteiger partial charge on any atom is 0.0827 e. The summed E-state index contributed by atoms with van der Waals surface area (Å²) in [5, 5.41) is 10.4. The first kappa shape index (κ1) is 14.5. The Morgan fingerprint density at radius 1 is 1.37 bits per heavy atom. The number of morpholine rings is 1. The largest absolute Gasteiger partial charge is 0.388 e. The third-order valence-corrected chi connectivity index (χ3v) is 4.02. The van der Waals surface area contributed by atoms with Gasteiger partial charge in [0.1, 0.15) is 0 Å². The van der Waals surface area contributed by atoms with Gasteiger partial charge in [0.2, 0.25) is 0 Å². The van der Waals surface area contributed by atoms with Gasteiger partial charge in [-0.25, -0.2) is 0 Å². The summed E-state index contributed by atoms with van der Waals surface area (Å²) in [5.41, 5.74) is 1.01. The second kappa shape index (κ2) is 7.04. The maximum atomic E-state index is 10.4. The molecule has 0 saturated carbocycles. The summed E-state index contributed by atoms with van der Waals surface area (Å²) in [5.74, 6) is 0.231. The number of rotatable bonds is 5. The average Bonchev–Trinajstić information content (AvgIpc) is 2.48. The fraction of sp³-hybridized carbons (Fsp3) is 0.625. The second-order valence-electron chi connectivity index (χ2n) is 5.46. The lowest BCUT2D eigenvalue weighted by Crippen LogP contribution is -2.47. The van der Waals surface area contributed by atoms with Crippen LogP contribution in [-0.2, 0) is 4.74 Å². The van der Waals surface area contributed by atoms with Crippen molar-refractivity contribution in [2.75, 3.05) is 26.3 Å². The quantitative estimate of drug-likeness (QED) is 0.886. The molecule has 1 saturated heterocycles. The van der Waals surface area contributed by atoms with E-state index in [0.717, 1.165) is 38.3 Å². The summed E-state index contributed by atoms with van der Waals surface area (Å²) in [4.78, 5) is 2.46. The van der Waals surface area contributed by atoms with E-state index in [1.807, 2.05) is 30.3 Å². The minimum Gasteiger partial charge on any atom is -0.388 e. The molecule has 1 aliphatic heterocycles. The van der Waals surface area contributed by atoms with Gasteiger partial charge in [0.05, 0.1) is 19.3 Å². The maximum absolute atomic E-state index is 10.4. The molecule has 0 bridgehead atoms. The van der Waals surface area contributed by atoms with Crippen LogP contribution in [0.4, 0.5) is 0 Å². The van der Waals surface area contributed by atoms with Crippen LogP contribution in [0, 0.1) is 5.92 Å². The van der Waals surface area contributed by atoms with Crippen LogP contribution in [0.15, 0.2) is 30.3 Å². The summed E-state index contributed by atoms with van der Waals surface area (Å²) < 4.78 is 5.53. The molecule has 106 valence electrons. The fourth-order valence-corrected chi connectivity index (χ4v) is 2.75. The number of ether oxygens (including phenoxy) is 1. The molecular formula is C16H25NO2. The lowest BCUT2D eigenvalue weighted by atomic mass is 9.96. The van der Waals surface area contributed by atoms with E-state index in [2.05, 4.69) is 18.7 Å². The molecular weight excluding hydrogens is 238 g/mol. The minimum absolute atomic E-state index is 0.231. The predicted octanol–water partition coefficient (Wildman–Crippen LogP) is 2.47. The van der Waals surface area contributed by atoms with Crippen molar-refractivity contribution >= 4 is 0 Å². The third kappa shape index (κ3) is 3.78. The van der Waals surface area contributed by atoms with Crippen LogP contribution < -0.4 is 0 Å². The van der Waals surface area contributed by atoms with Gasteiger partial charge in [-0.1, -0.05) is 44.2 Å². The number of hydrogen-bond acceptors (Lipinski definition) is 3. The standard InChI is InChI=1S/C16H25NO2/c1-3-15-12-19-10-9-17(15)11-13(2)16(18)14-7-5-4-6-8-14/h4-8,13,15-16,18H,3,9-12H2,1-2H3. The Kier molecular flexibility index (Phi) is 5.37. The highest BCUT2D eigenvalue weighted by Gasteiger charge is 2.25. The van der Waals surface area contributed by atoms with E-state index in [1.54, 1.807) is 0 Å². The van der Waals surface area contributed by atoms with E-state index in [9.17, 15) is 5.11 Å². The van der Waals surface area contributed by atoms with E-state index in [0.29, 0.717) is 6.04 Å². The van der Waals surface area contributed by atoms with Gasteiger partial charge in [-0.3, -0.25) is 4.90 Å². The van der Waals surface area contributed by atoms with Crippen LogP contribution in [0.2, 0.25) is 0 Å². The van der Waals surface area contributed by atoms with E-state index >= 15 is 0 Å². The SMILES string of the molecule is CCC1COCCN1CC(C)C(O)c1ccccc1. The van der Waals surface area contributed by atoms with Gasteiger partial charge in [0.25, 0.3) is 0 Å². The molecule has 1 aromatic carbocycles. The molecule has 2 rings (SSSR count). The molecule has 1 aromatic rings. The molecule has 3 heteroatoms. The van der Waals surface area contributed by atoms with Crippen LogP contribution in [0.3, 0.4) is 0 Å². The molecule has 1 heterocycles. The Bertz CT molecular complexity index is 368. The first-order valence-electron chi connectivity index (χ1n) is 7.27. The van der Waals surface area contributed by atoms with Crippen LogP contribution in [-0.4, -0.2) is 42.4 Å². The van der Waals surface area contributed by atoms with Gasteiger partial charge >= 0.3 is 0 Å². The zero-order valence-corrected chi connectivity index (χ0v) is 12.0. The van der Waals surface area contributed by atoms with Crippen molar-refractivity contribution in [2.45, 2.75) is 32.4 Å². The molecule has 3 nitrogen and oxygen atoms in total. The second-order valence-corrected chi connectivity index (χ2v) is 5.46. The number of nitrogens with zero attached hydrogens (tertiary/aromatic N) is 1. The van der Waals surface area contributed by atoms with E-state index in [1.165, 1.54) is 0 Å². The fourth-order valence-electron chi connectivity index (χ4n) is 2.75. The summed E-state index contributed by atoms with van der Waals surface area (Å²) in [6.45, 7) is 7.86. The summed E-state index contributed by atoms with van der Waals surface area (Å²) >= 11 is 0. The van der Waals surface area contributed by atoms with Gasteiger partial charge in [0.15, 0.2) is 0 Å². The molecule has 0 radical (unpaired) electrons. The lowest BCUT2D eigenvalue weighted by molar-refractivity contribution is -0.0256. The summed E-state index contributed by atoms with van der Waals surface area (Å²) in [6.07, 6.45) is 0.718.